The van der Waals surface area contributed by atoms with Crippen molar-refractivity contribution in [3.8, 4) is 16.9 Å². The quantitative estimate of drug-likeness (QED) is 0.551. The van der Waals surface area contributed by atoms with Crippen LogP contribution in [0.15, 0.2) is 72.1 Å². The fourth-order valence-electron chi connectivity index (χ4n) is 2.44. The summed E-state index contributed by atoms with van der Waals surface area (Å²) in [5.41, 5.74) is 6.71. The summed E-state index contributed by atoms with van der Waals surface area (Å²) in [6.07, 6.45) is 0. The summed E-state index contributed by atoms with van der Waals surface area (Å²) in [6, 6.07) is 21.4. The lowest BCUT2D eigenvalue weighted by molar-refractivity contribution is -0.128. The predicted octanol–water partition coefficient (Wildman–Crippen LogP) is 3.87. The highest BCUT2D eigenvalue weighted by Gasteiger charge is 2.09. The van der Waals surface area contributed by atoms with Gasteiger partial charge in [0.1, 0.15) is 5.75 Å². The monoisotopic (exact) mass is 412 g/mol. The lowest BCUT2D eigenvalue weighted by Gasteiger charge is -2.12. The number of hydrogen-bond acceptors (Lipinski definition) is 5. The molecule has 0 atom stereocenters. The summed E-state index contributed by atoms with van der Waals surface area (Å²) >= 11 is 3.15. The van der Waals surface area contributed by atoms with E-state index in [1.54, 1.807) is 11.3 Å². The Labute approximate surface area is 172 Å². The van der Waals surface area contributed by atoms with Crippen LogP contribution in [0.1, 0.15) is 4.88 Å². The van der Waals surface area contributed by atoms with Crippen molar-refractivity contribution < 1.29 is 14.3 Å². The van der Waals surface area contributed by atoms with Crippen molar-refractivity contribution in [1.82, 2.24) is 10.9 Å². The molecule has 5 nitrogen and oxygen atoms in total. The topological polar surface area (TPSA) is 67.4 Å². The molecule has 3 rings (SSSR count). The van der Waals surface area contributed by atoms with E-state index < -0.39 is 5.91 Å². The molecule has 0 aliphatic rings. The number of carbonyl (C=O) groups excluding carboxylic acids is 2. The van der Waals surface area contributed by atoms with Gasteiger partial charge in [0.25, 0.3) is 5.91 Å². The van der Waals surface area contributed by atoms with E-state index in [2.05, 4.69) is 10.9 Å². The minimum absolute atomic E-state index is 0.188. The first-order chi connectivity index (χ1) is 13.7. The highest BCUT2D eigenvalue weighted by Crippen LogP contribution is 2.29. The van der Waals surface area contributed by atoms with Crippen LogP contribution in [0.2, 0.25) is 0 Å². The van der Waals surface area contributed by atoms with Crippen molar-refractivity contribution in [2.45, 2.75) is 5.75 Å². The maximum atomic E-state index is 12.0. The normalized spacial score (nSPS) is 10.3. The zero-order valence-electron chi connectivity index (χ0n) is 15.1. The lowest BCUT2D eigenvalue weighted by Crippen LogP contribution is -2.44. The van der Waals surface area contributed by atoms with E-state index in [-0.39, 0.29) is 18.3 Å². The Hall–Kier alpha value is -2.77. The van der Waals surface area contributed by atoms with E-state index in [4.69, 9.17) is 4.74 Å². The van der Waals surface area contributed by atoms with Gasteiger partial charge in [-0.1, -0.05) is 54.6 Å². The third kappa shape index (κ3) is 6.14. The summed E-state index contributed by atoms with van der Waals surface area (Å²) in [4.78, 5) is 25.0. The molecule has 7 heteroatoms. The number of amides is 2. The highest BCUT2D eigenvalue weighted by atomic mass is 32.2. The number of nitrogens with one attached hydrogen (secondary N) is 2. The van der Waals surface area contributed by atoms with Gasteiger partial charge in [-0.3, -0.25) is 20.4 Å². The number of benzene rings is 2. The molecule has 0 bridgehead atoms. The number of hydrogen-bond donors (Lipinski definition) is 2. The van der Waals surface area contributed by atoms with E-state index in [1.807, 2.05) is 72.1 Å². The third-order valence-electron chi connectivity index (χ3n) is 3.73. The second-order valence-electron chi connectivity index (χ2n) is 5.82. The molecule has 0 unspecified atom stereocenters. The van der Waals surface area contributed by atoms with Crippen LogP contribution in [-0.2, 0) is 15.3 Å². The number of rotatable bonds is 8. The highest BCUT2D eigenvalue weighted by molar-refractivity contribution is 7.99. The Morgan fingerprint density at radius 2 is 1.64 bits per heavy atom. The molecule has 0 aliphatic heterocycles. The number of thiophene rings is 1. The Bertz CT molecular complexity index is 899. The number of hydrazine groups is 1. The number of ether oxygens (including phenoxy) is 1. The van der Waals surface area contributed by atoms with Crippen molar-refractivity contribution in [2.24, 2.45) is 0 Å². The second kappa shape index (κ2) is 10.5. The van der Waals surface area contributed by atoms with Crippen molar-refractivity contribution in [2.75, 3.05) is 12.4 Å². The Morgan fingerprint density at radius 3 is 2.43 bits per heavy atom. The van der Waals surface area contributed by atoms with Gasteiger partial charge >= 0.3 is 0 Å². The van der Waals surface area contributed by atoms with Crippen molar-refractivity contribution >= 4 is 34.9 Å². The molecule has 1 heterocycles. The number of carbonyl (C=O) groups is 2. The van der Waals surface area contributed by atoms with Gasteiger partial charge in [0.2, 0.25) is 5.91 Å². The summed E-state index contributed by atoms with van der Waals surface area (Å²) < 4.78 is 5.65. The minimum Gasteiger partial charge on any atom is -0.483 e. The summed E-state index contributed by atoms with van der Waals surface area (Å²) in [7, 11) is 0. The molecule has 2 aromatic carbocycles. The van der Waals surface area contributed by atoms with E-state index in [0.29, 0.717) is 5.75 Å². The molecule has 0 saturated heterocycles. The molecular weight excluding hydrogens is 392 g/mol. The van der Waals surface area contributed by atoms with E-state index in [9.17, 15) is 9.59 Å². The first-order valence-corrected chi connectivity index (χ1v) is 10.7. The van der Waals surface area contributed by atoms with Crippen LogP contribution in [-0.4, -0.2) is 24.2 Å². The van der Waals surface area contributed by atoms with Crippen molar-refractivity contribution in [3.05, 3.63) is 77.0 Å². The molecule has 28 heavy (non-hydrogen) atoms. The molecule has 3 aromatic rings. The van der Waals surface area contributed by atoms with Crippen LogP contribution >= 0.6 is 23.1 Å². The van der Waals surface area contributed by atoms with E-state index in [1.165, 1.54) is 16.6 Å². The molecule has 0 radical (unpaired) electrons. The fraction of sp³-hybridized carbons (Fsp3) is 0.143. The first kappa shape index (κ1) is 20.0. The Morgan fingerprint density at radius 1 is 0.893 bits per heavy atom. The molecule has 0 fully saturated rings. The molecule has 0 spiro atoms. The SMILES string of the molecule is O=C(COc1ccccc1-c1ccccc1)NNC(=O)CSCc1cccs1. The van der Waals surface area contributed by atoms with Crippen molar-refractivity contribution in [1.29, 1.82) is 0 Å². The minimum atomic E-state index is -0.417. The number of para-hydroxylation sites is 1. The van der Waals surface area contributed by atoms with Crippen LogP contribution in [0.4, 0.5) is 0 Å². The van der Waals surface area contributed by atoms with Gasteiger partial charge < -0.3 is 4.74 Å². The number of thioether (sulfide) groups is 1. The molecular formula is C21H20N2O3S2. The molecule has 2 amide bonds. The van der Waals surface area contributed by atoms with Gasteiger partial charge in [-0.05, 0) is 23.1 Å². The fourth-order valence-corrected chi connectivity index (χ4v) is 4.11. The average Bonchev–Trinajstić information content (AvgIpc) is 3.25. The second-order valence-corrected chi connectivity index (χ2v) is 7.84. The third-order valence-corrected chi connectivity index (χ3v) is 5.77. The van der Waals surface area contributed by atoms with Crippen LogP contribution in [0, 0.1) is 0 Å². The summed E-state index contributed by atoms with van der Waals surface area (Å²) in [5, 5.41) is 2.01. The molecule has 1 aromatic heterocycles. The Balaban J connectivity index is 1.42. The van der Waals surface area contributed by atoms with E-state index >= 15 is 0 Å². The lowest BCUT2D eigenvalue weighted by atomic mass is 10.1. The van der Waals surface area contributed by atoms with Crippen LogP contribution in [0.5, 0.6) is 5.75 Å². The summed E-state index contributed by atoms with van der Waals surface area (Å²) in [5.74, 6) is 0.995. The largest absolute Gasteiger partial charge is 0.483 e. The van der Waals surface area contributed by atoms with Gasteiger partial charge in [0.05, 0.1) is 5.75 Å². The maximum Gasteiger partial charge on any atom is 0.276 e. The predicted molar refractivity (Wildman–Crippen MR) is 114 cm³/mol. The summed E-state index contributed by atoms with van der Waals surface area (Å²) in [6.45, 7) is -0.188. The maximum absolute atomic E-state index is 12.0. The Kier molecular flexibility index (Phi) is 7.52. The average molecular weight is 413 g/mol. The molecule has 0 aliphatic carbocycles. The molecule has 144 valence electrons. The van der Waals surface area contributed by atoms with Gasteiger partial charge in [0, 0.05) is 16.2 Å². The van der Waals surface area contributed by atoms with Crippen molar-refractivity contribution in [3.63, 3.8) is 0 Å². The van der Waals surface area contributed by atoms with Crippen LogP contribution < -0.4 is 15.6 Å². The standard InChI is InChI=1S/C21H20N2O3S2/c24-20(22-23-21(25)15-27-14-17-9-6-12-28-17)13-26-19-11-5-4-10-18(19)16-7-2-1-3-8-16/h1-12H,13-15H2,(H,22,24)(H,23,25). The van der Waals surface area contributed by atoms with Gasteiger partial charge in [-0.25, -0.2) is 0 Å². The van der Waals surface area contributed by atoms with Gasteiger partial charge in [-0.2, -0.15) is 0 Å². The zero-order valence-corrected chi connectivity index (χ0v) is 16.7. The van der Waals surface area contributed by atoms with Gasteiger partial charge in [0.15, 0.2) is 6.61 Å². The smallest absolute Gasteiger partial charge is 0.276 e. The molecule has 2 N–H and O–H groups in total. The van der Waals surface area contributed by atoms with Gasteiger partial charge in [-0.15, -0.1) is 23.1 Å². The first-order valence-electron chi connectivity index (χ1n) is 8.67. The van der Waals surface area contributed by atoms with Crippen LogP contribution in [0.3, 0.4) is 0 Å². The van der Waals surface area contributed by atoms with E-state index in [0.717, 1.165) is 16.9 Å². The zero-order chi connectivity index (χ0) is 19.6. The molecule has 0 saturated carbocycles. The van der Waals surface area contributed by atoms with Crippen LogP contribution in [0.25, 0.3) is 11.1 Å².